The highest BCUT2D eigenvalue weighted by Crippen LogP contribution is 2.20. The lowest BCUT2D eigenvalue weighted by Gasteiger charge is -2.11. The molecule has 3 N–H and O–H groups in total. The van der Waals surface area contributed by atoms with Crippen molar-refractivity contribution in [1.82, 2.24) is 14.3 Å². The Morgan fingerprint density at radius 3 is 3.00 bits per heavy atom. The van der Waals surface area contributed by atoms with Crippen LogP contribution in [0, 0.1) is 0 Å². The number of nitrogens with zero attached hydrogens (tertiary/aromatic N) is 3. The third-order valence-electron chi connectivity index (χ3n) is 1.97. The van der Waals surface area contributed by atoms with Gasteiger partial charge in [0.1, 0.15) is 0 Å². The van der Waals surface area contributed by atoms with Crippen LogP contribution in [0.25, 0.3) is 0 Å². The SMILES string of the molecule is CC(Nc1nc(N)ns1)c1cccnc1. The van der Waals surface area contributed by atoms with Gasteiger partial charge in [-0.2, -0.15) is 9.36 Å². The first-order chi connectivity index (χ1) is 7.25. The second-order valence-corrected chi connectivity index (χ2v) is 3.86. The number of anilines is 2. The maximum Gasteiger partial charge on any atom is 0.233 e. The zero-order valence-electron chi connectivity index (χ0n) is 8.21. The maximum absolute atomic E-state index is 5.43. The molecule has 2 aromatic rings. The Hall–Kier alpha value is -1.69. The molecule has 0 saturated heterocycles. The maximum atomic E-state index is 5.43. The molecule has 0 aliphatic carbocycles. The first-order valence-electron chi connectivity index (χ1n) is 4.51. The predicted octanol–water partition coefficient (Wildman–Crippen LogP) is 1.69. The van der Waals surface area contributed by atoms with Crippen molar-refractivity contribution in [1.29, 1.82) is 0 Å². The van der Waals surface area contributed by atoms with Crippen LogP contribution in [0.1, 0.15) is 18.5 Å². The van der Waals surface area contributed by atoms with E-state index in [1.54, 1.807) is 6.20 Å². The van der Waals surface area contributed by atoms with E-state index in [9.17, 15) is 0 Å². The second kappa shape index (κ2) is 4.22. The first-order valence-corrected chi connectivity index (χ1v) is 5.28. The van der Waals surface area contributed by atoms with Gasteiger partial charge in [-0.1, -0.05) is 6.07 Å². The molecule has 78 valence electrons. The van der Waals surface area contributed by atoms with Crippen LogP contribution in [0.2, 0.25) is 0 Å². The molecule has 0 fully saturated rings. The summed E-state index contributed by atoms with van der Waals surface area (Å²) in [4.78, 5) is 8.09. The molecule has 2 aromatic heterocycles. The Labute approximate surface area is 91.5 Å². The van der Waals surface area contributed by atoms with Crippen molar-refractivity contribution < 1.29 is 0 Å². The van der Waals surface area contributed by atoms with Crippen LogP contribution in [0.4, 0.5) is 11.1 Å². The van der Waals surface area contributed by atoms with E-state index in [2.05, 4.69) is 19.7 Å². The van der Waals surface area contributed by atoms with E-state index in [0.29, 0.717) is 5.95 Å². The van der Waals surface area contributed by atoms with Crippen molar-refractivity contribution in [3.05, 3.63) is 30.1 Å². The summed E-state index contributed by atoms with van der Waals surface area (Å²) in [7, 11) is 0. The van der Waals surface area contributed by atoms with E-state index in [1.807, 2.05) is 25.3 Å². The Morgan fingerprint density at radius 1 is 1.53 bits per heavy atom. The fourth-order valence-electron chi connectivity index (χ4n) is 1.19. The van der Waals surface area contributed by atoms with Gasteiger partial charge in [0, 0.05) is 23.9 Å². The predicted molar refractivity (Wildman–Crippen MR) is 60.6 cm³/mol. The van der Waals surface area contributed by atoms with Gasteiger partial charge in [-0.3, -0.25) is 4.98 Å². The van der Waals surface area contributed by atoms with E-state index in [1.165, 1.54) is 11.5 Å². The van der Waals surface area contributed by atoms with E-state index in [4.69, 9.17) is 5.73 Å². The quantitative estimate of drug-likeness (QED) is 0.824. The normalized spacial score (nSPS) is 12.3. The van der Waals surface area contributed by atoms with Crippen molar-refractivity contribution >= 4 is 22.6 Å². The number of hydrogen-bond acceptors (Lipinski definition) is 6. The Kier molecular flexibility index (Phi) is 2.77. The minimum absolute atomic E-state index is 0.144. The highest BCUT2D eigenvalue weighted by molar-refractivity contribution is 7.09. The van der Waals surface area contributed by atoms with Gasteiger partial charge >= 0.3 is 0 Å². The molecule has 0 amide bonds. The van der Waals surface area contributed by atoms with Crippen LogP contribution in [0.3, 0.4) is 0 Å². The second-order valence-electron chi connectivity index (χ2n) is 3.11. The Bertz CT molecular complexity index is 427. The van der Waals surface area contributed by atoms with Crippen LogP contribution in [-0.2, 0) is 0 Å². The number of nitrogens with one attached hydrogen (secondary N) is 1. The van der Waals surface area contributed by atoms with Gasteiger partial charge in [-0.05, 0) is 18.6 Å². The topological polar surface area (TPSA) is 76.7 Å². The van der Waals surface area contributed by atoms with E-state index in [0.717, 1.165) is 10.7 Å². The summed E-state index contributed by atoms with van der Waals surface area (Å²) in [5.74, 6) is 0.306. The van der Waals surface area contributed by atoms with Crippen molar-refractivity contribution in [2.45, 2.75) is 13.0 Å². The molecule has 1 unspecified atom stereocenters. The van der Waals surface area contributed by atoms with Gasteiger partial charge in [0.25, 0.3) is 0 Å². The summed E-state index contributed by atoms with van der Waals surface area (Å²) in [6.07, 6.45) is 3.57. The lowest BCUT2D eigenvalue weighted by Crippen LogP contribution is -2.06. The zero-order chi connectivity index (χ0) is 10.7. The molecule has 1 atom stereocenters. The number of nitrogens with two attached hydrogens (primary N) is 1. The highest BCUT2D eigenvalue weighted by Gasteiger charge is 2.07. The summed E-state index contributed by atoms with van der Waals surface area (Å²) in [5.41, 5.74) is 6.53. The zero-order valence-corrected chi connectivity index (χ0v) is 9.03. The van der Waals surface area contributed by atoms with Crippen LogP contribution in [-0.4, -0.2) is 14.3 Å². The first kappa shape index (κ1) is 9.85. The minimum Gasteiger partial charge on any atom is -0.367 e. The molecular formula is C9H11N5S. The van der Waals surface area contributed by atoms with Crippen LogP contribution < -0.4 is 11.1 Å². The van der Waals surface area contributed by atoms with E-state index in [-0.39, 0.29) is 6.04 Å². The van der Waals surface area contributed by atoms with Crippen LogP contribution in [0.15, 0.2) is 24.5 Å². The number of nitrogen functional groups attached to an aromatic ring is 1. The molecule has 6 heteroatoms. The summed E-state index contributed by atoms with van der Waals surface area (Å²) in [5, 5.41) is 3.93. The third-order valence-corrected chi connectivity index (χ3v) is 2.63. The fraction of sp³-hybridized carbons (Fsp3) is 0.222. The summed E-state index contributed by atoms with van der Waals surface area (Å²) in [6, 6.07) is 4.06. The summed E-state index contributed by atoms with van der Waals surface area (Å²) >= 11 is 1.25. The number of pyridine rings is 1. The Morgan fingerprint density at radius 2 is 2.40 bits per heavy atom. The van der Waals surface area contributed by atoms with Gasteiger partial charge in [0.15, 0.2) is 0 Å². The summed E-state index contributed by atoms with van der Waals surface area (Å²) < 4.78 is 3.89. The van der Waals surface area contributed by atoms with Crippen LogP contribution >= 0.6 is 11.5 Å². The standard InChI is InChI=1S/C9H11N5S/c1-6(7-3-2-4-11-5-7)12-9-13-8(10)14-15-9/h2-6H,1H3,(H3,10,12,13,14). The van der Waals surface area contributed by atoms with E-state index >= 15 is 0 Å². The molecule has 15 heavy (non-hydrogen) atoms. The van der Waals surface area contributed by atoms with Gasteiger partial charge in [0.2, 0.25) is 11.1 Å². The molecule has 5 nitrogen and oxygen atoms in total. The highest BCUT2D eigenvalue weighted by atomic mass is 32.1. The molecule has 0 aromatic carbocycles. The fourth-order valence-corrected chi connectivity index (χ4v) is 1.78. The van der Waals surface area contributed by atoms with Crippen molar-refractivity contribution in [2.75, 3.05) is 11.1 Å². The van der Waals surface area contributed by atoms with Gasteiger partial charge in [-0.25, -0.2) is 0 Å². The lowest BCUT2D eigenvalue weighted by molar-refractivity contribution is 0.873. The molecule has 2 heterocycles. The Balaban J connectivity index is 2.07. The molecule has 0 radical (unpaired) electrons. The molecule has 0 saturated carbocycles. The lowest BCUT2D eigenvalue weighted by atomic mass is 10.1. The molecule has 2 rings (SSSR count). The van der Waals surface area contributed by atoms with Gasteiger partial charge in [-0.15, -0.1) is 0 Å². The minimum atomic E-state index is 0.144. The smallest absolute Gasteiger partial charge is 0.233 e. The average Bonchev–Trinajstić information content (AvgIpc) is 2.65. The number of aromatic nitrogens is 3. The molecular weight excluding hydrogens is 210 g/mol. The largest absolute Gasteiger partial charge is 0.367 e. The number of hydrogen-bond donors (Lipinski definition) is 2. The average molecular weight is 221 g/mol. The molecule has 0 bridgehead atoms. The molecule has 0 aliphatic rings. The van der Waals surface area contributed by atoms with E-state index < -0.39 is 0 Å². The van der Waals surface area contributed by atoms with Gasteiger partial charge in [0.05, 0.1) is 6.04 Å². The van der Waals surface area contributed by atoms with Crippen LogP contribution in [0.5, 0.6) is 0 Å². The monoisotopic (exact) mass is 221 g/mol. The molecule has 0 spiro atoms. The third kappa shape index (κ3) is 2.41. The van der Waals surface area contributed by atoms with Gasteiger partial charge < -0.3 is 11.1 Å². The van der Waals surface area contributed by atoms with Crippen molar-refractivity contribution in [2.24, 2.45) is 0 Å². The van der Waals surface area contributed by atoms with Crippen molar-refractivity contribution in [3.8, 4) is 0 Å². The van der Waals surface area contributed by atoms with Crippen molar-refractivity contribution in [3.63, 3.8) is 0 Å². The number of rotatable bonds is 3. The summed E-state index contributed by atoms with van der Waals surface area (Å²) in [6.45, 7) is 2.04. The molecule has 0 aliphatic heterocycles.